The molecule has 2 saturated carbocycles. The number of hydrazone groups is 1. The van der Waals surface area contributed by atoms with Gasteiger partial charge in [0.15, 0.2) is 5.78 Å². The van der Waals surface area contributed by atoms with Crippen LogP contribution in [0.5, 0.6) is 0 Å². The molecule has 6 unspecified atom stereocenters. The van der Waals surface area contributed by atoms with E-state index < -0.39 is 0 Å². The number of hydrogen-bond donors (Lipinski definition) is 2. The van der Waals surface area contributed by atoms with E-state index in [2.05, 4.69) is 59.2 Å². The number of hydrazine groups is 1. The number of hydrogen-bond acceptors (Lipinski definition) is 5. The van der Waals surface area contributed by atoms with Crippen LogP contribution < -0.4 is 11.7 Å². The highest BCUT2D eigenvalue weighted by atomic mass is 127. The van der Waals surface area contributed by atoms with Gasteiger partial charge in [-0.1, -0.05) is 32.9 Å². The molecular weight excluding hydrogens is 507 g/mol. The Morgan fingerprint density at radius 2 is 2.10 bits per heavy atom. The minimum absolute atomic E-state index is 0.177. The zero-order chi connectivity index (χ0) is 21.7. The molecule has 4 rings (SSSR count). The monoisotopic (exact) mass is 542 g/mol. The molecule has 4 aliphatic rings. The van der Waals surface area contributed by atoms with Gasteiger partial charge >= 0.3 is 0 Å². The maximum Gasteiger partial charge on any atom is 0.207 e. The second kappa shape index (κ2) is 8.43. The first kappa shape index (κ1) is 22.6. The first-order chi connectivity index (χ1) is 14.2. The summed E-state index contributed by atoms with van der Waals surface area (Å²) in [5.41, 5.74) is 1.82. The predicted molar refractivity (Wildman–Crippen MR) is 133 cm³/mol. The van der Waals surface area contributed by atoms with Crippen LogP contribution in [-0.2, 0) is 4.79 Å². The van der Waals surface area contributed by atoms with Gasteiger partial charge in [-0.2, -0.15) is 5.10 Å². The van der Waals surface area contributed by atoms with Crippen molar-refractivity contribution in [2.45, 2.75) is 59.3 Å². The molecule has 4 aliphatic carbocycles. The van der Waals surface area contributed by atoms with Crippen molar-refractivity contribution < 1.29 is 4.79 Å². The summed E-state index contributed by atoms with van der Waals surface area (Å²) >= 11 is 2.18. The van der Waals surface area contributed by atoms with Gasteiger partial charge in [-0.15, -0.1) is 0 Å². The lowest BCUT2D eigenvalue weighted by atomic mass is 9.48. The van der Waals surface area contributed by atoms with Crippen molar-refractivity contribution in [1.29, 1.82) is 0 Å². The molecule has 0 heterocycles. The van der Waals surface area contributed by atoms with Crippen molar-refractivity contribution in [3.63, 3.8) is 0 Å². The standard InChI is InChI=1S/C23H35IN4OS/c1-14(13-28(26)21(27-25)30-24)18-6-7-19-17-5-4-15-12-16(29)8-10-22(15,2)20(17)9-11-23(18,19)3/h4-5,12,14,17-20H,6-11,13,25-26H2,1-3H3/b27-21+/t14-,17?,18?,19?,20?,22?,23?/m1/s1. The Hall–Kier alpha value is -0.540. The summed E-state index contributed by atoms with van der Waals surface area (Å²) in [5, 5.41) is 6.23. The number of nitrogens with two attached hydrogens (primary N) is 2. The van der Waals surface area contributed by atoms with E-state index in [4.69, 9.17) is 11.7 Å². The highest BCUT2D eigenvalue weighted by Gasteiger charge is 2.58. The lowest BCUT2D eigenvalue weighted by Gasteiger charge is -2.56. The largest absolute Gasteiger partial charge is 0.321 e. The predicted octanol–water partition coefficient (Wildman–Crippen LogP) is 5.04. The molecule has 2 fully saturated rings. The summed E-state index contributed by atoms with van der Waals surface area (Å²) in [4.78, 5) is 12.0. The van der Waals surface area contributed by atoms with Crippen LogP contribution in [0.15, 0.2) is 28.9 Å². The fourth-order valence-corrected chi connectivity index (χ4v) is 8.93. The zero-order valence-corrected chi connectivity index (χ0v) is 21.3. The summed E-state index contributed by atoms with van der Waals surface area (Å²) in [6, 6.07) is 0. The van der Waals surface area contributed by atoms with Crippen molar-refractivity contribution in [1.82, 2.24) is 5.01 Å². The average Bonchev–Trinajstić information content (AvgIpc) is 3.06. The third-order valence-electron chi connectivity index (χ3n) is 9.19. The van der Waals surface area contributed by atoms with E-state index in [1.807, 2.05) is 6.08 Å². The Balaban J connectivity index is 1.55. The summed E-state index contributed by atoms with van der Waals surface area (Å²) in [7, 11) is 1.47. The fraction of sp³-hybridized carbons (Fsp3) is 0.739. The number of carbonyl (C=O) groups excluding carboxylic acids is 1. The van der Waals surface area contributed by atoms with Crippen LogP contribution in [0.25, 0.3) is 0 Å². The number of allylic oxidation sites excluding steroid dienone is 4. The maximum absolute atomic E-state index is 12.0. The van der Waals surface area contributed by atoms with Crippen molar-refractivity contribution in [3.05, 3.63) is 23.8 Å². The quantitative estimate of drug-likeness (QED) is 0.172. The summed E-state index contributed by atoms with van der Waals surface area (Å²) < 4.78 is 0. The number of halogens is 1. The highest BCUT2D eigenvalue weighted by Crippen LogP contribution is 2.66. The van der Waals surface area contributed by atoms with Gasteiger partial charge in [-0.25, -0.2) is 5.84 Å². The zero-order valence-electron chi connectivity index (χ0n) is 18.3. The summed E-state index contributed by atoms with van der Waals surface area (Å²) in [5.74, 6) is 15.3. The normalized spacial score (nSPS) is 41.6. The number of carbonyl (C=O) groups is 1. The Morgan fingerprint density at radius 3 is 2.80 bits per heavy atom. The molecule has 0 radical (unpaired) electrons. The molecule has 4 N–H and O–H groups in total. The van der Waals surface area contributed by atoms with Gasteiger partial charge in [-0.3, -0.25) is 9.80 Å². The van der Waals surface area contributed by atoms with E-state index in [1.54, 1.807) is 5.01 Å². The van der Waals surface area contributed by atoms with Crippen molar-refractivity contribution in [2.24, 2.45) is 57.2 Å². The lowest BCUT2D eigenvalue weighted by molar-refractivity contribution is -0.116. The first-order valence-corrected chi connectivity index (χ1v) is 14.6. The van der Waals surface area contributed by atoms with Crippen LogP contribution in [0.3, 0.4) is 0 Å². The molecule has 0 aromatic rings. The Kier molecular flexibility index (Phi) is 6.36. The molecule has 0 aromatic carbocycles. The van der Waals surface area contributed by atoms with E-state index in [-0.39, 0.29) is 5.41 Å². The van der Waals surface area contributed by atoms with Crippen molar-refractivity contribution >= 4 is 41.1 Å². The molecule has 0 bridgehead atoms. The fourth-order valence-electron chi connectivity index (χ4n) is 7.63. The SMILES string of the molecule is C[C@H](CN(N)/C(=N\N)SI)C1CCC2C3C=CC4=CC(=O)CCC4(C)C3CCC21C. The summed E-state index contributed by atoms with van der Waals surface area (Å²) in [6.45, 7) is 8.10. The first-order valence-electron chi connectivity index (χ1n) is 11.3. The number of nitrogens with zero attached hydrogens (tertiary/aromatic N) is 2. The van der Waals surface area contributed by atoms with Crippen molar-refractivity contribution in [2.75, 3.05) is 6.54 Å². The molecule has 7 atom stereocenters. The Morgan fingerprint density at radius 1 is 1.33 bits per heavy atom. The van der Waals surface area contributed by atoms with E-state index in [1.165, 1.54) is 40.2 Å². The van der Waals surface area contributed by atoms with Gasteiger partial charge in [-0.05, 0) is 93.1 Å². The molecule has 0 aliphatic heterocycles. The minimum atomic E-state index is 0.177. The molecule has 0 amide bonds. The molecule has 0 aromatic heterocycles. The number of rotatable bonds is 3. The topological polar surface area (TPSA) is 84.7 Å². The minimum Gasteiger partial charge on any atom is -0.321 e. The Labute approximate surface area is 197 Å². The number of ketones is 1. The van der Waals surface area contributed by atoms with E-state index in [0.717, 1.165) is 18.9 Å². The molecule has 166 valence electrons. The van der Waals surface area contributed by atoms with Crippen LogP contribution in [0.1, 0.15) is 59.3 Å². The van der Waals surface area contributed by atoms with Gasteiger partial charge in [0, 0.05) is 34.2 Å². The van der Waals surface area contributed by atoms with E-state index in [9.17, 15) is 4.79 Å². The van der Waals surface area contributed by atoms with Gasteiger partial charge < -0.3 is 5.84 Å². The third-order valence-corrected chi connectivity index (χ3v) is 10.8. The average molecular weight is 543 g/mol. The molecule has 5 nitrogen and oxygen atoms in total. The molecule has 0 spiro atoms. The van der Waals surface area contributed by atoms with E-state index >= 15 is 0 Å². The Bertz CT molecular complexity index is 798. The number of fused-ring (bicyclic) bond motifs is 5. The van der Waals surface area contributed by atoms with Gasteiger partial charge in [0.05, 0.1) is 0 Å². The third kappa shape index (κ3) is 3.56. The van der Waals surface area contributed by atoms with Crippen molar-refractivity contribution in [3.8, 4) is 0 Å². The molecule has 0 saturated heterocycles. The van der Waals surface area contributed by atoms with Crippen LogP contribution in [-0.4, -0.2) is 22.5 Å². The second-order valence-electron chi connectivity index (χ2n) is 10.5. The molecular formula is C23H35IN4OS. The smallest absolute Gasteiger partial charge is 0.207 e. The van der Waals surface area contributed by atoms with Crippen LogP contribution in [0, 0.1) is 40.4 Å². The van der Waals surface area contributed by atoms with Crippen LogP contribution in [0.2, 0.25) is 0 Å². The molecule has 30 heavy (non-hydrogen) atoms. The lowest BCUT2D eigenvalue weighted by Crippen LogP contribution is -2.50. The van der Waals surface area contributed by atoms with Gasteiger partial charge in [0.25, 0.3) is 0 Å². The van der Waals surface area contributed by atoms with E-state index in [0.29, 0.717) is 46.5 Å². The second-order valence-corrected chi connectivity index (χ2v) is 12.3. The van der Waals surface area contributed by atoms with Crippen LogP contribution >= 0.6 is 30.1 Å². The van der Waals surface area contributed by atoms with Gasteiger partial charge in [0.2, 0.25) is 5.17 Å². The highest BCUT2D eigenvalue weighted by molar-refractivity contribution is 14.2. The molecule has 7 heteroatoms. The maximum atomic E-state index is 12.0. The number of amidine groups is 1. The van der Waals surface area contributed by atoms with Gasteiger partial charge in [0.1, 0.15) is 0 Å². The van der Waals surface area contributed by atoms with Crippen LogP contribution in [0.4, 0.5) is 0 Å². The summed E-state index contributed by atoms with van der Waals surface area (Å²) in [6.07, 6.45) is 13.5.